The van der Waals surface area contributed by atoms with Gasteiger partial charge in [0.25, 0.3) is 0 Å². The van der Waals surface area contributed by atoms with E-state index in [2.05, 4.69) is 35.8 Å². The molecule has 3 N–H and O–H groups in total. The lowest BCUT2D eigenvalue weighted by molar-refractivity contribution is 0.566. The van der Waals surface area contributed by atoms with Crippen LogP contribution in [0.3, 0.4) is 0 Å². The van der Waals surface area contributed by atoms with E-state index in [1.54, 1.807) is 6.92 Å². The van der Waals surface area contributed by atoms with Crippen LogP contribution in [0.1, 0.15) is 55.7 Å². The molecule has 3 aromatic rings. The number of aromatic nitrogens is 5. The lowest BCUT2D eigenvalue weighted by atomic mass is 10.1. The van der Waals surface area contributed by atoms with Crippen LogP contribution in [0.5, 0.6) is 0 Å². The summed E-state index contributed by atoms with van der Waals surface area (Å²) >= 11 is 0. The van der Waals surface area contributed by atoms with Gasteiger partial charge in [-0.2, -0.15) is 20.1 Å². The van der Waals surface area contributed by atoms with E-state index < -0.39 is 17.7 Å². The molecule has 4 rings (SSSR count). The van der Waals surface area contributed by atoms with Gasteiger partial charge in [-0.3, -0.25) is 5.10 Å². The van der Waals surface area contributed by atoms with Gasteiger partial charge in [-0.25, -0.2) is 8.78 Å². The summed E-state index contributed by atoms with van der Waals surface area (Å²) in [6.45, 7) is 3.69. The van der Waals surface area contributed by atoms with Crippen molar-refractivity contribution >= 4 is 23.8 Å². The van der Waals surface area contributed by atoms with Gasteiger partial charge in [0.15, 0.2) is 5.82 Å². The Morgan fingerprint density at radius 2 is 1.93 bits per heavy atom. The normalized spacial score (nSPS) is 14.9. The van der Waals surface area contributed by atoms with Crippen LogP contribution in [0.15, 0.2) is 30.3 Å². The van der Waals surface area contributed by atoms with Crippen molar-refractivity contribution in [2.45, 2.75) is 38.6 Å². The van der Waals surface area contributed by atoms with Crippen LogP contribution in [-0.2, 0) is 0 Å². The average molecular weight is 397 g/mol. The van der Waals surface area contributed by atoms with Gasteiger partial charge in [0.1, 0.15) is 17.5 Å². The van der Waals surface area contributed by atoms with E-state index in [1.165, 1.54) is 12.1 Å². The van der Waals surface area contributed by atoms with E-state index in [0.717, 1.165) is 24.6 Å². The third kappa shape index (κ3) is 4.56. The first-order valence-electron chi connectivity index (χ1n) is 9.44. The molecular formula is C20H21F2N7. The van der Waals surface area contributed by atoms with Gasteiger partial charge in [-0.15, -0.1) is 0 Å². The van der Waals surface area contributed by atoms with Crippen LogP contribution in [0, 0.1) is 11.6 Å². The quantitative estimate of drug-likeness (QED) is 0.535. The highest BCUT2D eigenvalue weighted by Gasteiger charge is 2.28. The molecule has 2 aromatic heterocycles. The third-order valence-corrected chi connectivity index (χ3v) is 4.55. The maximum absolute atomic E-state index is 14.1. The van der Waals surface area contributed by atoms with Gasteiger partial charge in [0.05, 0.1) is 11.7 Å². The topological polar surface area (TPSA) is 91.4 Å². The van der Waals surface area contributed by atoms with Crippen LogP contribution < -0.4 is 10.6 Å². The van der Waals surface area contributed by atoms with Crippen LogP contribution in [0.4, 0.5) is 26.5 Å². The second-order valence-electron chi connectivity index (χ2n) is 6.98. The van der Waals surface area contributed by atoms with Crippen molar-refractivity contribution in [1.82, 2.24) is 25.1 Å². The van der Waals surface area contributed by atoms with Gasteiger partial charge < -0.3 is 10.6 Å². The Labute approximate surface area is 166 Å². The van der Waals surface area contributed by atoms with Gasteiger partial charge in [-0.1, -0.05) is 12.1 Å². The second-order valence-corrected chi connectivity index (χ2v) is 6.98. The summed E-state index contributed by atoms with van der Waals surface area (Å²) in [6.07, 6.45) is 5.86. The molecule has 1 atom stereocenters. The number of aromatic amines is 1. The van der Waals surface area contributed by atoms with Gasteiger partial charge in [-0.05, 0) is 38.8 Å². The van der Waals surface area contributed by atoms with Gasteiger partial charge >= 0.3 is 0 Å². The Kier molecular flexibility index (Phi) is 5.20. The number of nitrogens with one attached hydrogen (secondary N) is 3. The fourth-order valence-corrected chi connectivity index (χ4v) is 2.94. The molecule has 9 heteroatoms. The summed E-state index contributed by atoms with van der Waals surface area (Å²) in [5, 5.41) is 13.2. The van der Waals surface area contributed by atoms with Crippen LogP contribution in [0.25, 0.3) is 6.08 Å². The maximum Gasteiger partial charge on any atom is 0.233 e. The molecule has 0 radical (unpaired) electrons. The fourth-order valence-electron chi connectivity index (χ4n) is 2.94. The minimum atomic E-state index is -0.618. The van der Waals surface area contributed by atoms with E-state index in [-0.39, 0.29) is 0 Å². The molecule has 150 valence electrons. The predicted octanol–water partition coefficient (Wildman–Crippen LogP) is 4.70. The van der Waals surface area contributed by atoms with Crippen LogP contribution in [0.2, 0.25) is 0 Å². The molecule has 0 bridgehead atoms. The number of hydrogen-bond acceptors (Lipinski definition) is 6. The number of halogens is 2. The molecule has 7 nitrogen and oxygen atoms in total. The second kappa shape index (κ2) is 7.94. The average Bonchev–Trinajstić information content (AvgIpc) is 3.43. The van der Waals surface area contributed by atoms with Crippen molar-refractivity contribution in [2.24, 2.45) is 0 Å². The fraction of sp³-hybridized carbons (Fsp3) is 0.300. The maximum atomic E-state index is 14.1. The number of nitrogens with zero attached hydrogens (tertiary/aromatic N) is 4. The zero-order chi connectivity index (χ0) is 20.4. The Morgan fingerprint density at radius 1 is 1.14 bits per heavy atom. The largest absolute Gasteiger partial charge is 0.347 e. The molecule has 0 saturated heterocycles. The molecule has 1 aliphatic rings. The highest BCUT2D eigenvalue weighted by molar-refractivity contribution is 5.55. The van der Waals surface area contributed by atoms with Gasteiger partial charge in [0, 0.05) is 23.6 Å². The zero-order valence-corrected chi connectivity index (χ0v) is 16.1. The minimum absolute atomic E-state index is 0.301. The highest BCUT2D eigenvalue weighted by atomic mass is 19.1. The highest BCUT2D eigenvalue weighted by Crippen LogP contribution is 2.38. The van der Waals surface area contributed by atoms with Crippen molar-refractivity contribution in [2.75, 3.05) is 10.6 Å². The van der Waals surface area contributed by atoms with E-state index >= 15 is 0 Å². The van der Waals surface area contributed by atoms with Crippen LogP contribution in [-0.4, -0.2) is 25.1 Å². The molecule has 1 fully saturated rings. The number of allylic oxidation sites excluding steroid dienone is 1. The summed E-state index contributed by atoms with van der Waals surface area (Å²) in [5.74, 6) is 1.01. The van der Waals surface area contributed by atoms with Crippen molar-refractivity contribution in [3.05, 3.63) is 59.1 Å². The molecule has 29 heavy (non-hydrogen) atoms. The number of anilines is 3. The molecule has 1 aromatic carbocycles. The first kappa shape index (κ1) is 19.0. The Balaban J connectivity index is 1.57. The summed E-state index contributed by atoms with van der Waals surface area (Å²) < 4.78 is 27.3. The van der Waals surface area contributed by atoms with E-state index in [4.69, 9.17) is 0 Å². The third-order valence-electron chi connectivity index (χ3n) is 4.55. The van der Waals surface area contributed by atoms with Gasteiger partial charge in [0.2, 0.25) is 11.9 Å². The number of benzene rings is 1. The van der Waals surface area contributed by atoms with E-state index in [0.29, 0.717) is 35.0 Å². The lowest BCUT2D eigenvalue weighted by Crippen LogP contribution is -2.14. The monoisotopic (exact) mass is 397 g/mol. The van der Waals surface area contributed by atoms with Crippen molar-refractivity contribution < 1.29 is 8.78 Å². The molecule has 0 spiro atoms. The first-order valence-corrected chi connectivity index (χ1v) is 9.44. The van der Waals surface area contributed by atoms with Crippen molar-refractivity contribution in [3.63, 3.8) is 0 Å². The van der Waals surface area contributed by atoms with Crippen molar-refractivity contribution in [3.8, 4) is 0 Å². The van der Waals surface area contributed by atoms with E-state index in [1.807, 2.05) is 25.1 Å². The number of H-pyrrole nitrogens is 1. The van der Waals surface area contributed by atoms with Crippen LogP contribution >= 0.6 is 0 Å². The molecule has 1 unspecified atom stereocenters. The summed E-state index contributed by atoms with van der Waals surface area (Å²) in [4.78, 5) is 13.4. The molecule has 1 saturated carbocycles. The molecule has 0 amide bonds. The zero-order valence-electron chi connectivity index (χ0n) is 16.1. The molecule has 0 aliphatic heterocycles. The smallest absolute Gasteiger partial charge is 0.233 e. The standard InChI is InChI=1S/C20H21F2N7/c1-3-4-14-10-17(29-28-14)24-20-26-18(12-5-6-12)25-19(27-20)23-11(2)15-8-7-13(21)9-16(15)22/h3-4,7-12H,5-6H2,1-2H3,(H3,23,24,25,26,27,28,29)/b4-3+. The Bertz CT molecular complexity index is 1040. The Hall–Kier alpha value is -3.36. The number of hydrogen-bond donors (Lipinski definition) is 3. The first-order chi connectivity index (χ1) is 14.0. The summed E-state index contributed by atoms with van der Waals surface area (Å²) in [5.41, 5.74) is 1.18. The molecule has 2 heterocycles. The molecular weight excluding hydrogens is 376 g/mol. The summed E-state index contributed by atoms with van der Waals surface area (Å²) in [6, 6.07) is 4.89. The Morgan fingerprint density at radius 3 is 2.66 bits per heavy atom. The SMILES string of the molecule is C/C=C/c1cc(Nc2nc(NC(C)c3ccc(F)cc3F)nc(C3CC3)n2)n[nH]1. The predicted molar refractivity (Wildman–Crippen MR) is 107 cm³/mol. The molecule has 1 aliphatic carbocycles. The van der Waals surface area contributed by atoms with Crippen molar-refractivity contribution in [1.29, 1.82) is 0 Å². The van der Waals surface area contributed by atoms with E-state index in [9.17, 15) is 8.78 Å². The lowest BCUT2D eigenvalue weighted by Gasteiger charge is -2.16. The summed E-state index contributed by atoms with van der Waals surface area (Å²) in [7, 11) is 0. The number of rotatable bonds is 7. The minimum Gasteiger partial charge on any atom is -0.347 e.